The molecule has 7 heteroatoms. The maximum atomic E-state index is 13.2. The number of hydrogen-bond donors (Lipinski definition) is 0. The summed E-state index contributed by atoms with van der Waals surface area (Å²) in [5.41, 5.74) is 1.01. The number of esters is 1. The van der Waals surface area contributed by atoms with Crippen molar-refractivity contribution in [3.05, 3.63) is 60.2 Å². The van der Waals surface area contributed by atoms with Gasteiger partial charge in [0.1, 0.15) is 6.10 Å². The molecular formula is C19H19NO4S2. The summed E-state index contributed by atoms with van der Waals surface area (Å²) in [7, 11) is -3.66. The van der Waals surface area contributed by atoms with Crippen LogP contribution in [0.15, 0.2) is 64.4 Å². The highest BCUT2D eigenvalue weighted by Crippen LogP contribution is 2.45. The van der Waals surface area contributed by atoms with Gasteiger partial charge in [0.2, 0.25) is 10.0 Å². The second-order valence-corrected chi connectivity index (χ2v) is 9.69. The summed E-state index contributed by atoms with van der Waals surface area (Å²) >= 11 is 1.48. The zero-order valence-corrected chi connectivity index (χ0v) is 15.9. The zero-order valence-electron chi connectivity index (χ0n) is 14.2. The van der Waals surface area contributed by atoms with Crippen molar-refractivity contribution in [3.8, 4) is 0 Å². The molecule has 2 aromatic carbocycles. The molecule has 0 aromatic heterocycles. The van der Waals surface area contributed by atoms with Gasteiger partial charge in [-0.25, -0.2) is 8.42 Å². The Morgan fingerprint density at radius 2 is 1.77 bits per heavy atom. The molecule has 2 aromatic rings. The lowest BCUT2D eigenvalue weighted by Gasteiger charge is -2.26. The maximum absolute atomic E-state index is 13.2. The first-order valence-corrected chi connectivity index (χ1v) is 10.8. The summed E-state index contributed by atoms with van der Waals surface area (Å²) in [4.78, 5) is 13.0. The Morgan fingerprint density at radius 3 is 2.46 bits per heavy atom. The van der Waals surface area contributed by atoms with Gasteiger partial charge in [0.25, 0.3) is 0 Å². The van der Waals surface area contributed by atoms with Gasteiger partial charge in [0, 0.05) is 10.8 Å². The van der Waals surface area contributed by atoms with Gasteiger partial charge in [-0.1, -0.05) is 35.9 Å². The van der Waals surface area contributed by atoms with Crippen molar-refractivity contribution in [1.82, 2.24) is 4.31 Å². The van der Waals surface area contributed by atoms with E-state index < -0.39 is 10.0 Å². The molecule has 2 aliphatic rings. The lowest BCUT2D eigenvalue weighted by molar-refractivity contribution is -0.141. The van der Waals surface area contributed by atoms with Gasteiger partial charge in [0.05, 0.1) is 23.2 Å². The number of rotatable bonds is 4. The van der Waals surface area contributed by atoms with E-state index in [0.29, 0.717) is 0 Å². The van der Waals surface area contributed by atoms with E-state index >= 15 is 0 Å². The van der Waals surface area contributed by atoms with E-state index in [2.05, 4.69) is 0 Å². The number of fused-ring (bicyclic) bond motifs is 1. The van der Waals surface area contributed by atoms with Crippen LogP contribution in [-0.2, 0) is 19.6 Å². The molecule has 2 saturated heterocycles. The molecule has 5 nitrogen and oxygen atoms in total. The molecule has 3 atom stereocenters. The third kappa shape index (κ3) is 3.15. The average molecular weight is 389 g/mol. The van der Waals surface area contributed by atoms with Crippen molar-refractivity contribution in [2.45, 2.75) is 34.6 Å². The maximum Gasteiger partial charge on any atom is 0.306 e. The quantitative estimate of drug-likeness (QED) is 0.752. The summed E-state index contributed by atoms with van der Waals surface area (Å²) in [6.45, 7) is 2.13. The summed E-state index contributed by atoms with van der Waals surface area (Å²) in [5.74, 6) is -0.376. The Hall–Kier alpha value is -1.83. The zero-order chi connectivity index (χ0) is 18.3. The van der Waals surface area contributed by atoms with Gasteiger partial charge in [-0.15, -0.1) is 11.8 Å². The third-order valence-electron chi connectivity index (χ3n) is 4.80. The molecule has 4 rings (SSSR count). The first-order valence-electron chi connectivity index (χ1n) is 8.45. The fraction of sp³-hybridized carbons (Fsp3) is 0.316. The van der Waals surface area contributed by atoms with E-state index in [0.717, 1.165) is 10.5 Å². The van der Waals surface area contributed by atoms with E-state index in [1.54, 1.807) is 24.3 Å². The SMILES string of the molecule is Cc1ccc(S(=O)(=O)N2C[C@H]3OC(=O)C[C@H]3[C@@H]2Sc2ccccc2)cc1. The number of aryl methyl sites for hydroxylation is 1. The van der Waals surface area contributed by atoms with Crippen LogP contribution in [0.1, 0.15) is 12.0 Å². The number of hydrogen-bond acceptors (Lipinski definition) is 5. The molecule has 0 unspecified atom stereocenters. The third-order valence-corrected chi connectivity index (χ3v) is 8.19. The first kappa shape index (κ1) is 17.6. The molecule has 2 heterocycles. The molecule has 2 aliphatic heterocycles. The molecule has 0 radical (unpaired) electrons. The van der Waals surface area contributed by atoms with Gasteiger partial charge in [-0.2, -0.15) is 4.31 Å². The van der Waals surface area contributed by atoms with Gasteiger partial charge < -0.3 is 4.74 Å². The monoisotopic (exact) mass is 389 g/mol. The number of ether oxygens (including phenoxy) is 1. The Morgan fingerprint density at radius 1 is 1.08 bits per heavy atom. The molecule has 0 bridgehead atoms. The highest BCUT2D eigenvalue weighted by Gasteiger charge is 2.53. The van der Waals surface area contributed by atoms with Crippen molar-refractivity contribution >= 4 is 27.8 Å². The Kier molecular flexibility index (Phi) is 4.54. The van der Waals surface area contributed by atoms with Crippen LogP contribution in [0.4, 0.5) is 0 Å². The van der Waals surface area contributed by atoms with Gasteiger partial charge in [-0.3, -0.25) is 4.79 Å². The minimum atomic E-state index is -3.66. The number of benzene rings is 2. The van der Waals surface area contributed by atoms with Crippen LogP contribution in [0, 0.1) is 12.8 Å². The average Bonchev–Trinajstić information content (AvgIpc) is 3.14. The van der Waals surface area contributed by atoms with Crippen LogP contribution >= 0.6 is 11.8 Å². The highest BCUT2D eigenvalue weighted by molar-refractivity contribution is 8.00. The second kappa shape index (κ2) is 6.72. The van der Waals surface area contributed by atoms with Crippen LogP contribution < -0.4 is 0 Å². The Bertz CT molecular complexity index is 912. The van der Waals surface area contributed by atoms with Crippen molar-refractivity contribution in [2.75, 3.05) is 6.54 Å². The topological polar surface area (TPSA) is 63.7 Å². The summed E-state index contributed by atoms with van der Waals surface area (Å²) in [5, 5.41) is -0.361. The van der Waals surface area contributed by atoms with Crippen LogP contribution in [0.2, 0.25) is 0 Å². The van der Waals surface area contributed by atoms with Crippen molar-refractivity contribution in [2.24, 2.45) is 5.92 Å². The molecule has 0 amide bonds. The van der Waals surface area contributed by atoms with E-state index in [1.807, 2.05) is 37.3 Å². The molecule has 26 heavy (non-hydrogen) atoms. The molecule has 2 fully saturated rings. The van der Waals surface area contributed by atoms with Gasteiger partial charge >= 0.3 is 5.97 Å². The van der Waals surface area contributed by atoms with Crippen molar-refractivity contribution in [3.63, 3.8) is 0 Å². The summed E-state index contributed by atoms with van der Waals surface area (Å²) < 4.78 is 33.3. The van der Waals surface area contributed by atoms with Crippen LogP contribution in [0.3, 0.4) is 0 Å². The smallest absolute Gasteiger partial charge is 0.306 e. The van der Waals surface area contributed by atoms with Crippen molar-refractivity contribution < 1.29 is 17.9 Å². The minimum Gasteiger partial charge on any atom is -0.461 e. The molecule has 0 N–H and O–H groups in total. The van der Waals surface area contributed by atoms with E-state index in [1.165, 1.54) is 16.1 Å². The predicted molar refractivity (Wildman–Crippen MR) is 99.1 cm³/mol. The Balaban J connectivity index is 1.69. The van der Waals surface area contributed by atoms with E-state index in [9.17, 15) is 13.2 Å². The molecule has 0 saturated carbocycles. The molecule has 0 aliphatic carbocycles. The number of sulfonamides is 1. The molecule has 136 valence electrons. The number of thioether (sulfide) groups is 1. The van der Waals surface area contributed by atoms with E-state index in [-0.39, 0.29) is 41.2 Å². The van der Waals surface area contributed by atoms with Crippen molar-refractivity contribution in [1.29, 1.82) is 0 Å². The normalized spacial score (nSPS) is 25.9. The standard InChI is InChI=1S/C19H19NO4S2/c1-13-7-9-15(10-8-13)26(22,23)20-12-17-16(11-18(21)24-17)19(20)25-14-5-3-2-4-6-14/h2-10,16-17,19H,11-12H2,1H3/t16-,17-,19+/m1/s1. The predicted octanol–water partition coefficient (Wildman–Crippen LogP) is 3.05. The lowest BCUT2D eigenvalue weighted by Crippen LogP contribution is -2.36. The lowest BCUT2D eigenvalue weighted by atomic mass is 10.1. The number of carbonyl (C=O) groups excluding carboxylic acids is 1. The highest BCUT2D eigenvalue weighted by atomic mass is 32.2. The van der Waals surface area contributed by atoms with E-state index in [4.69, 9.17) is 4.74 Å². The van der Waals surface area contributed by atoms with Crippen LogP contribution in [0.25, 0.3) is 0 Å². The minimum absolute atomic E-state index is 0.132. The molecule has 0 spiro atoms. The summed E-state index contributed by atoms with van der Waals surface area (Å²) in [6, 6.07) is 16.5. The second-order valence-electron chi connectivity index (χ2n) is 6.61. The summed E-state index contributed by atoms with van der Waals surface area (Å²) in [6.07, 6.45) is -0.112. The first-order chi connectivity index (χ1) is 12.4. The van der Waals surface area contributed by atoms with Crippen LogP contribution in [-0.4, -0.2) is 36.7 Å². The number of nitrogens with zero attached hydrogens (tertiary/aromatic N) is 1. The largest absolute Gasteiger partial charge is 0.461 e. The Labute approximate surface area is 157 Å². The fourth-order valence-electron chi connectivity index (χ4n) is 3.45. The fourth-order valence-corrected chi connectivity index (χ4v) is 6.68. The van der Waals surface area contributed by atoms with Crippen LogP contribution in [0.5, 0.6) is 0 Å². The van der Waals surface area contributed by atoms with Gasteiger partial charge in [0.15, 0.2) is 0 Å². The molecular weight excluding hydrogens is 370 g/mol. The van der Waals surface area contributed by atoms with Gasteiger partial charge in [-0.05, 0) is 31.2 Å². The number of carbonyl (C=O) groups is 1.